The van der Waals surface area contributed by atoms with E-state index in [2.05, 4.69) is 15.3 Å². The van der Waals surface area contributed by atoms with Crippen LogP contribution < -0.4 is 5.32 Å². The molecule has 0 spiro atoms. The zero-order valence-electron chi connectivity index (χ0n) is 8.20. The SMILES string of the molecule is Cc1csc(CNc2cccc(Cl)n2)n1. The van der Waals surface area contributed by atoms with E-state index in [0.29, 0.717) is 11.7 Å². The van der Waals surface area contributed by atoms with Crippen LogP contribution >= 0.6 is 22.9 Å². The Morgan fingerprint density at radius 1 is 1.40 bits per heavy atom. The number of hydrogen-bond acceptors (Lipinski definition) is 4. The molecule has 0 saturated heterocycles. The molecule has 0 saturated carbocycles. The number of nitrogens with zero attached hydrogens (tertiary/aromatic N) is 2. The normalized spacial score (nSPS) is 10.3. The molecular weight excluding hydrogens is 230 g/mol. The van der Waals surface area contributed by atoms with Gasteiger partial charge in [-0.1, -0.05) is 17.7 Å². The molecule has 78 valence electrons. The fraction of sp³-hybridized carbons (Fsp3) is 0.200. The Hall–Kier alpha value is -1.13. The van der Waals surface area contributed by atoms with E-state index >= 15 is 0 Å². The maximum absolute atomic E-state index is 5.77. The van der Waals surface area contributed by atoms with Gasteiger partial charge in [0.05, 0.1) is 6.54 Å². The second-order valence-corrected chi connectivity index (χ2v) is 4.41. The standard InChI is InChI=1S/C10H10ClN3S/c1-7-6-15-10(13-7)5-12-9-4-2-3-8(11)14-9/h2-4,6H,5H2,1H3,(H,12,14). The topological polar surface area (TPSA) is 37.8 Å². The molecule has 3 nitrogen and oxygen atoms in total. The lowest BCUT2D eigenvalue weighted by Gasteiger charge is -2.02. The van der Waals surface area contributed by atoms with E-state index in [1.165, 1.54) is 0 Å². The molecule has 5 heteroatoms. The van der Waals surface area contributed by atoms with Crippen molar-refractivity contribution in [1.29, 1.82) is 0 Å². The van der Waals surface area contributed by atoms with Crippen molar-refractivity contribution in [3.05, 3.63) is 39.4 Å². The number of aromatic nitrogens is 2. The van der Waals surface area contributed by atoms with Crippen LogP contribution in [0.1, 0.15) is 10.7 Å². The van der Waals surface area contributed by atoms with Crippen molar-refractivity contribution in [3.63, 3.8) is 0 Å². The van der Waals surface area contributed by atoms with Crippen molar-refractivity contribution in [2.45, 2.75) is 13.5 Å². The summed E-state index contributed by atoms with van der Waals surface area (Å²) < 4.78 is 0. The maximum Gasteiger partial charge on any atom is 0.131 e. The van der Waals surface area contributed by atoms with Gasteiger partial charge < -0.3 is 5.32 Å². The molecule has 0 aromatic carbocycles. The molecule has 2 aromatic rings. The van der Waals surface area contributed by atoms with Crippen LogP contribution in [0.3, 0.4) is 0 Å². The zero-order chi connectivity index (χ0) is 10.7. The first-order valence-electron chi connectivity index (χ1n) is 4.51. The summed E-state index contributed by atoms with van der Waals surface area (Å²) in [4.78, 5) is 8.47. The minimum atomic E-state index is 0.496. The molecule has 0 fully saturated rings. The Labute approximate surface area is 97.2 Å². The highest BCUT2D eigenvalue weighted by Crippen LogP contribution is 2.13. The molecule has 0 aliphatic rings. The van der Waals surface area contributed by atoms with Crippen LogP contribution in [0.25, 0.3) is 0 Å². The first-order valence-corrected chi connectivity index (χ1v) is 5.77. The van der Waals surface area contributed by atoms with Crippen LogP contribution in [0.15, 0.2) is 23.6 Å². The van der Waals surface area contributed by atoms with Gasteiger partial charge in [0.25, 0.3) is 0 Å². The summed E-state index contributed by atoms with van der Waals surface area (Å²) in [6, 6.07) is 5.50. The second kappa shape index (κ2) is 4.59. The lowest BCUT2D eigenvalue weighted by molar-refractivity contribution is 1.06. The molecule has 0 bridgehead atoms. The third kappa shape index (κ3) is 2.91. The van der Waals surface area contributed by atoms with Crippen LogP contribution in [0.2, 0.25) is 5.15 Å². The van der Waals surface area contributed by atoms with Crippen molar-refractivity contribution in [3.8, 4) is 0 Å². The number of anilines is 1. The summed E-state index contributed by atoms with van der Waals surface area (Å²) in [7, 11) is 0. The number of hydrogen-bond donors (Lipinski definition) is 1. The van der Waals surface area contributed by atoms with Gasteiger partial charge in [-0.15, -0.1) is 11.3 Å². The zero-order valence-corrected chi connectivity index (χ0v) is 9.77. The molecule has 0 aliphatic carbocycles. The molecule has 0 radical (unpaired) electrons. The van der Waals surface area contributed by atoms with Crippen LogP contribution in [0.5, 0.6) is 0 Å². The van der Waals surface area contributed by atoms with Crippen molar-refractivity contribution < 1.29 is 0 Å². The summed E-state index contributed by atoms with van der Waals surface area (Å²) >= 11 is 7.41. The summed E-state index contributed by atoms with van der Waals surface area (Å²) in [5, 5.41) is 6.74. The Morgan fingerprint density at radius 2 is 2.27 bits per heavy atom. The van der Waals surface area contributed by atoms with E-state index < -0.39 is 0 Å². The second-order valence-electron chi connectivity index (χ2n) is 3.08. The molecule has 1 N–H and O–H groups in total. The van der Waals surface area contributed by atoms with Gasteiger partial charge in [-0.3, -0.25) is 0 Å². The average Bonchev–Trinajstić information content (AvgIpc) is 2.62. The Bertz CT molecular complexity index is 455. The van der Waals surface area contributed by atoms with Crippen molar-refractivity contribution >= 4 is 28.8 Å². The lowest BCUT2D eigenvalue weighted by atomic mass is 10.4. The quantitative estimate of drug-likeness (QED) is 0.837. The van der Waals surface area contributed by atoms with Crippen LogP contribution in [0.4, 0.5) is 5.82 Å². The van der Waals surface area contributed by atoms with E-state index in [1.807, 2.05) is 24.4 Å². The molecule has 0 aliphatic heterocycles. The van der Waals surface area contributed by atoms with Gasteiger partial charge >= 0.3 is 0 Å². The monoisotopic (exact) mass is 239 g/mol. The van der Waals surface area contributed by atoms with Gasteiger partial charge in [-0.25, -0.2) is 9.97 Å². The Morgan fingerprint density at radius 3 is 2.93 bits per heavy atom. The van der Waals surface area contributed by atoms with Gasteiger partial charge in [-0.2, -0.15) is 0 Å². The number of pyridine rings is 1. The summed E-state index contributed by atoms with van der Waals surface area (Å²) in [5.74, 6) is 0.773. The third-order valence-electron chi connectivity index (χ3n) is 1.80. The smallest absolute Gasteiger partial charge is 0.131 e. The predicted molar refractivity (Wildman–Crippen MR) is 63.4 cm³/mol. The molecule has 2 heterocycles. The summed E-state index contributed by atoms with van der Waals surface area (Å²) in [5.41, 5.74) is 1.05. The predicted octanol–water partition coefficient (Wildman–Crippen LogP) is 3.11. The van der Waals surface area contributed by atoms with E-state index in [9.17, 15) is 0 Å². The Balaban J connectivity index is 1.99. The number of aryl methyl sites for hydroxylation is 1. The van der Waals surface area contributed by atoms with Crippen molar-refractivity contribution in [1.82, 2.24) is 9.97 Å². The van der Waals surface area contributed by atoms with Gasteiger partial charge in [0.15, 0.2) is 0 Å². The lowest BCUT2D eigenvalue weighted by Crippen LogP contribution is -2.00. The fourth-order valence-corrected chi connectivity index (χ4v) is 2.03. The molecule has 0 unspecified atom stereocenters. The van der Waals surface area contributed by atoms with Gasteiger partial charge in [-0.05, 0) is 19.1 Å². The number of halogens is 1. The highest BCUT2D eigenvalue weighted by Gasteiger charge is 1.99. The fourth-order valence-electron chi connectivity index (χ4n) is 1.16. The first kappa shape index (κ1) is 10.4. The summed E-state index contributed by atoms with van der Waals surface area (Å²) in [6.45, 7) is 2.67. The highest BCUT2D eigenvalue weighted by molar-refractivity contribution is 7.09. The van der Waals surface area contributed by atoms with Crippen LogP contribution in [0, 0.1) is 6.92 Å². The van der Waals surface area contributed by atoms with Crippen LogP contribution in [-0.2, 0) is 6.54 Å². The Kier molecular flexibility index (Phi) is 3.18. The van der Waals surface area contributed by atoms with Gasteiger partial charge in [0.1, 0.15) is 16.0 Å². The number of nitrogens with one attached hydrogen (secondary N) is 1. The van der Waals surface area contributed by atoms with Gasteiger partial charge in [0, 0.05) is 11.1 Å². The van der Waals surface area contributed by atoms with Gasteiger partial charge in [0.2, 0.25) is 0 Å². The molecule has 2 rings (SSSR count). The summed E-state index contributed by atoms with van der Waals surface area (Å²) in [6.07, 6.45) is 0. The van der Waals surface area contributed by atoms with E-state index in [1.54, 1.807) is 17.4 Å². The highest BCUT2D eigenvalue weighted by atomic mass is 35.5. The van der Waals surface area contributed by atoms with E-state index in [-0.39, 0.29) is 0 Å². The largest absolute Gasteiger partial charge is 0.364 e. The molecule has 2 aromatic heterocycles. The number of rotatable bonds is 3. The van der Waals surface area contributed by atoms with Crippen molar-refractivity contribution in [2.75, 3.05) is 5.32 Å². The minimum absolute atomic E-state index is 0.496. The van der Waals surface area contributed by atoms with E-state index in [4.69, 9.17) is 11.6 Å². The molecule has 0 atom stereocenters. The first-order chi connectivity index (χ1) is 7.24. The molecule has 15 heavy (non-hydrogen) atoms. The average molecular weight is 240 g/mol. The van der Waals surface area contributed by atoms with Crippen LogP contribution in [-0.4, -0.2) is 9.97 Å². The molecule has 0 amide bonds. The number of thiazole rings is 1. The minimum Gasteiger partial charge on any atom is -0.364 e. The van der Waals surface area contributed by atoms with Crippen molar-refractivity contribution in [2.24, 2.45) is 0 Å². The maximum atomic E-state index is 5.77. The third-order valence-corrected chi connectivity index (χ3v) is 2.98. The molecular formula is C10H10ClN3S. The van der Waals surface area contributed by atoms with E-state index in [0.717, 1.165) is 16.5 Å².